The molecule has 1 N–H and O–H groups in total. The summed E-state index contributed by atoms with van der Waals surface area (Å²) in [5, 5.41) is 11.0. The Kier molecular flexibility index (Phi) is 7.66. The van der Waals surface area contributed by atoms with Gasteiger partial charge in [-0.15, -0.1) is 0 Å². The molecule has 2 aromatic rings. The second-order valence-electron chi connectivity index (χ2n) is 6.87. The van der Waals surface area contributed by atoms with Crippen molar-refractivity contribution in [2.75, 3.05) is 6.61 Å². The van der Waals surface area contributed by atoms with Crippen LogP contribution in [-0.2, 0) is 14.3 Å². The molecule has 1 aliphatic heterocycles. The topological polar surface area (TPSA) is 55.8 Å². The molecule has 1 saturated heterocycles. The molecule has 1 aliphatic rings. The summed E-state index contributed by atoms with van der Waals surface area (Å²) in [5.41, 5.74) is 1.54. The first kappa shape index (κ1) is 20.6. The number of hydrogen-bond acceptors (Lipinski definition) is 4. The number of aromatic hydroxyl groups is 1. The summed E-state index contributed by atoms with van der Waals surface area (Å²) in [5.74, 6) is 0.279. The summed E-state index contributed by atoms with van der Waals surface area (Å²) in [4.78, 5) is 10.4. The first-order valence-electron chi connectivity index (χ1n) is 9.58. The third-order valence-electron chi connectivity index (χ3n) is 4.86. The molecule has 3 unspecified atom stereocenters. The zero-order valence-electron chi connectivity index (χ0n) is 15.7. The molecule has 0 amide bonds. The zero-order valence-corrected chi connectivity index (χ0v) is 16.4. The molecule has 0 spiro atoms. The fourth-order valence-electron chi connectivity index (χ4n) is 3.37. The molecule has 4 nitrogen and oxygen atoms in total. The van der Waals surface area contributed by atoms with Crippen LogP contribution in [0.15, 0.2) is 60.7 Å². The van der Waals surface area contributed by atoms with Crippen molar-refractivity contribution in [2.45, 2.75) is 38.1 Å². The Hall–Kier alpha value is -2.14. The number of hydrogen-bond donors (Lipinski definition) is 1. The van der Waals surface area contributed by atoms with E-state index in [4.69, 9.17) is 21.1 Å². The van der Waals surface area contributed by atoms with Gasteiger partial charge in [-0.3, -0.25) is 0 Å². The molecule has 148 valence electrons. The average Bonchev–Trinajstić information content (AvgIpc) is 2.72. The molecule has 0 radical (unpaired) electrons. The minimum atomic E-state index is -0.578. The van der Waals surface area contributed by atoms with Crippen LogP contribution < -0.4 is 0 Å². The van der Waals surface area contributed by atoms with Crippen LogP contribution in [0.4, 0.5) is 0 Å². The maximum Gasteiger partial charge on any atom is 0.186 e. The Morgan fingerprint density at radius 2 is 1.79 bits per heavy atom. The van der Waals surface area contributed by atoms with Gasteiger partial charge in [0.05, 0.1) is 12.7 Å². The normalized spacial score (nSPS) is 22.4. The molecule has 1 heterocycles. The summed E-state index contributed by atoms with van der Waals surface area (Å²) in [7, 11) is 0. The molecule has 2 aromatic carbocycles. The SMILES string of the molecule is O=CCCC/C=C\CC1COC(c2ccccc2Cl)OC1c1ccccc1O. The van der Waals surface area contributed by atoms with Crippen molar-refractivity contribution in [3.05, 3.63) is 76.8 Å². The molecule has 3 rings (SSSR count). The van der Waals surface area contributed by atoms with Gasteiger partial charge in [-0.2, -0.15) is 0 Å². The van der Waals surface area contributed by atoms with Gasteiger partial charge in [-0.05, 0) is 31.4 Å². The Balaban J connectivity index is 1.76. The van der Waals surface area contributed by atoms with Gasteiger partial charge < -0.3 is 19.4 Å². The summed E-state index contributed by atoms with van der Waals surface area (Å²) >= 11 is 6.32. The van der Waals surface area contributed by atoms with E-state index < -0.39 is 6.29 Å². The number of para-hydroxylation sites is 1. The number of unbranched alkanes of at least 4 members (excludes halogenated alkanes) is 2. The van der Waals surface area contributed by atoms with Crippen molar-refractivity contribution in [2.24, 2.45) is 5.92 Å². The fourth-order valence-corrected chi connectivity index (χ4v) is 3.59. The minimum absolute atomic E-state index is 0.0642. The molecular formula is C23H25ClO4. The highest BCUT2D eigenvalue weighted by atomic mass is 35.5. The van der Waals surface area contributed by atoms with Gasteiger partial charge in [0.25, 0.3) is 0 Å². The van der Waals surface area contributed by atoms with E-state index in [1.165, 1.54) is 0 Å². The predicted molar refractivity (Wildman–Crippen MR) is 109 cm³/mol. The molecular weight excluding hydrogens is 376 g/mol. The number of ether oxygens (including phenoxy) is 2. The Bertz CT molecular complexity index is 805. The molecule has 0 bridgehead atoms. The second kappa shape index (κ2) is 10.4. The van der Waals surface area contributed by atoms with Crippen LogP contribution in [0.5, 0.6) is 5.75 Å². The first-order valence-corrected chi connectivity index (χ1v) is 9.96. The number of benzene rings is 2. The van der Waals surface area contributed by atoms with Crippen LogP contribution in [0.25, 0.3) is 0 Å². The van der Waals surface area contributed by atoms with Crippen LogP contribution in [0.2, 0.25) is 5.02 Å². The smallest absolute Gasteiger partial charge is 0.186 e. The van der Waals surface area contributed by atoms with Gasteiger partial charge in [0, 0.05) is 28.5 Å². The van der Waals surface area contributed by atoms with E-state index in [9.17, 15) is 9.90 Å². The van der Waals surface area contributed by atoms with Crippen LogP contribution in [0.1, 0.15) is 49.2 Å². The number of aldehydes is 1. The molecule has 3 atom stereocenters. The predicted octanol–water partition coefficient (Wildman–Crippen LogP) is 5.76. The number of carbonyl (C=O) groups excluding carboxylic acids is 1. The van der Waals surface area contributed by atoms with Gasteiger partial charge >= 0.3 is 0 Å². The van der Waals surface area contributed by atoms with Gasteiger partial charge in [0.15, 0.2) is 6.29 Å². The second-order valence-corrected chi connectivity index (χ2v) is 7.27. The lowest BCUT2D eigenvalue weighted by Gasteiger charge is -2.37. The first-order chi connectivity index (χ1) is 13.7. The summed E-state index contributed by atoms with van der Waals surface area (Å²) in [6.45, 7) is 0.494. The van der Waals surface area contributed by atoms with Gasteiger partial charge in [0.2, 0.25) is 0 Å². The van der Waals surface area contributed by atoms with E-state index in [-0.39, 0.29) is 17.8 Å². The summed E-state index contributed by atoms with van der Waals surface area (Å²) in [6.07, 6.45) is 7.32. The van der Waals surface area contributed by atoms with Crippen molar-refractivity contribution >= 4 is 17.9 Å². The number of carbonyl (C=O) groups is 1. The lowest BCUT2D eigenvalue weighted by atomic mass is 9.91. The van der Waals surface area contributed by atoms with Crippen molar-refractivity contribution in [3.8, 4) is 5.75 Å². The van der Waals surface area contributed by atoms with Crippen molar-refractivity contribution in [1.29, 1.82) is 0 Å². The van der Waals surface area contributed by atoms with E-state index in [1.807, 2.05) is 36.4 Å². The number of allylic oxidation sites excluding steroid dienone is 2. The van der Waals surface area contributed by atoms with Crippen molar-refractivity contribution < 1.29 is 19.4 Å². The molecule has 1 fully saturated rings. The van der Waals surface area contributed by atoms with Crippen LogP contribution in [-0.4, -0.2) is 18.0 Å². The standard InChI is InChI=1S/C23H25ClO4/c24-20-13-7-5-11-18(20)23-27-16-17(10-4-2-1-3-9-15-25)22(28-23)19-12-6-8-14-21(19)26/h2,4-8,11-15,17,22-23,26H,1,3,9-10,16H2/b4-2-. The van der Waals surface area contributed by atoms with Crippen LogP contribution >= 0.6 is 11.6 Å². The number of halogens is 1. The highest BCUT2D eigenvalue weighted by Gasteiger charge is 2.35. The maximum atomic E-state index is 10.4. The minimum Gasteiger partial charge on any atom is -0.508 e. The largest absolute Gasteiger partial charge is 0.508 e. The lowest BCUT2D eigenvalue weighted by Crippen LogP contribution is -2.30. The van der Waals surface area contributed by atoms with Crippen molar-refractivity contribution in [1.82, 2.24) is 0 Å². The van der Waals surface area contributed by atoms with Crippen LogP contribution in [0, 0.1) is 5.92 Å². The fraction of sp³-hybridized carbons (Fsp3) is 0.348. The number of phenolic OH excluding ortho intramolecular Hbond substituents is 1. The van der Waals surface area contributed by atoms with E-state index >= 15 is 0 Å². The quantitative estimate of drug-likeness (QED) is 0.347. The Labute approximate surface area is 170 Å². The van der Waals surface area contributed by atoms with Crippen LogP contribution in [0.3, 0.4) is 0 Å². The highest BCUT2D eigenvalue weighted by molar-refractivity contribution is 6.31. The third-order valence-corrected chi connectivity index (χ3v) is 5.20. The van der Waals surface area contributed by atoms with Gasteiger partial charge in [0.1, 0.15) is 12.0 Å². The molecule has 0 saturated carbocycles. The number of phenols is 1. The lowest BCUT2D eigenvalue weighted by molar-refractivity contribution is -0.244. The van der Waals surface area contributed by atoms with E-state index in [2.05, 4.69) is 12.2 Å². The summed E-state index contributed by atoms with van der Waals surface area (Å²) < 4.78 is 12.3. The molecule has 28 heavy (non-hydrogen) atoms. The molecule has 5 heteroatoms. The van der Waals surface area contributed by atoms with E-state index in [0.717, 1.165) is 36.7 Å². The average molecular weight is 401 g/mol. The molecule has 0 aliphatic carbocycles. The van der Waals surface area contributed by atoms with Gasteiger partial charge in [-0.1, -0.05) is 60.2 Å². The maximum absolute atomic E-state index is 10.4. The molecule has 0 aromatic heterocycles. The van der Waals surface area contributed by atoms with Gasteiger partial charge in [-0.25, -0.2) is 0 Å². The van der Waals surface area contributed by atoms with Crippen molar-refractivity contribution in [3.63, 3.8) is 0 Å². The zero-order chi connectivity index (χ0) is 19.8. The Morgan fingerprint density at radius 3 is 2.54 bits per heavy atom. The summed E-state index contributed by atoms with van der Waals surface area (Å²) in [6, 6.07) is 14.7. The number of rotatable bonds is 8. The monoisotopic (exact) mass is 400 g/mol. The Morgan fingerprint density at radius 1 is 1.04 bits per heavy atom. The van der Waals surface area contributed by atoms with E-state index in [1.54, 1.807) is 12.1 Å². The third kappa shape index (κ3) is 5.22. The highest BCUT2D eigenvalue weighted by Crippen LogP contribution is 2.43. The van der Waals surface area contributed by atoms with E-state index in [0.29, 0.717) is 18.1 Å².